The molecule has 0 aliphatic carbocycles. The molecule has 1 saturated heterocycles. The summed E-state index contributed by atoms with van der Waals surface area (Å²) in [5.74, 6) is 1.51. The van der Waals surface area contributed by atoms with Gasteiger partial charge in [0.1, 0.15) is 5.58 Å². The minimum absolute atomic E-state index is 0.117. The van der Waals surface area contributed by atoms with Gasteiger partial charge in [0, 0.05) is 51.7 Å². The van der Waals surface area contributed by atoms with Gasteiger partial charge in [0.05, 0.1) is 0 Å². The fraction of sp³-hybridized carbons (Fsp3) is 0.267. The number of carbonyl (C=O) groups is 2. The van der Waals surface area contributed by atoms with E-state index in [1.807, 2.05) is 60.7 Å². The van der Waals surface area contributed by atoms with Crippen LogP contribution in [0.4, 0.5) is 0 Å². The average molecular weight is 484 g/mol. The second-order valence-electron chi connectivity index (χ2n) is 9.60. The molecule has 1 aliphatic heterocycles. The van der Waals surface area contributed by atoms with Crippen molar-refractivity contribution in [1.82, 2.24) is 5.32 Å². The maximum atomic E-state index is 13.0. The number of hydrogen-bond acceptors (Lipinski definition) is 5. The summed E-state index contributed by atoms with van der Waals surface area (Å²) in [5, 5.41) is 4.26. The molecule has 0 bridgehead atoms. The minimum atomic E-state index is -0.117. The molecule has 2 heterocycles. The number of fused-ring (bicyclic) bond motifs is 1. The average Bonchev–Trinajstić information content (AvgIpc) is 3.25. The summed E-state index contributed by atoms with van der Waals surface area (Å²) in [6.45, 7) is 6.26. The summed E-state index contributed by atoms with van der Waals surface area (Å²) in [7, 11) is 0. The number of ketones is 2. The summed E-state index contributed by atoms with van der Waals surface area (Å²) < 4.78 is 5.86. The Labute approximate surface area is 210 Å². The maximum absolute atomic E-state index is 13.0. The number of furan rings is 1. The van der Waals surface area contributed by atoms with Crippen LogP contribution < -0.4 is 5.32 Å². The van der Waals surface area contributed by atoms with E-state index in [0.717, 1.165) is 45.8 Å². The molecule has 3 aromatic carbocycles. The summed E-state index contributed by atoms with van der Waals surface area (Å²) in [4.78, 5) is 27.4. The first-order valence-corrected chi connectivity index (χ1v) is 13.0. The molecule has 5 heteroatoms. The van der Waals surface area contributed by atoms with Crippen molar-refractivity contribution in [3.8, 4) is 0 Å². The van der Waals surface area contributed by atoms with Gasteiger partial charge in [0.2, 0.25) is 5.78 Å². The number of Topliss-reactive ketones (excluding diaryl/α,β-unsaturated/α-hetero) is 1. The quantitative estimate of drug-likeness (QED) is 0.257. The molecule has 1 aromatic heterocycles. The summed E-state index contributed by atoms with van der Waals surface area (Å²) in [6.07, 6.45) is 1.50. The van der Waals surface area contributed by atoms with E-state index in [-0.39, 0.29) is 11.6 Å². The van der Waals surface area contributed by atoms with Crippen LogP contribution in [0.3, 0.4) is 0 Å². The van der Waals surface area contributed by atoms with E-state index in [1.54, 1.807) is 11.8 Å². The van der Waals surface area contributed by atoms with E-state index in [4.69, 9.17) is 4.42 Å². The monoisotopic (exact) mass is 483 g/mol. The van der Waals surface area contributed by atoms with Crippen molar-refractivity contribution in [3.05, 3.63) is 95.2 Å². The molecule has 4 aromatic rings. The SMILES string of the molecule is CC(C)CCC(=O)c1ccc(Sc2ccc(C(=O)c3cc4cc(C5CNC5)ccc4o3)cc2)cc1. The summed E-state index contributed by atoms with van der Waals surface area (Å²) >= 11 is 1.61. The third-order valence-electron chi connectivity index (χ3n) is 6.49. The van der Waals surface area contributed by atoms with E-state index < -0.39 is 0 Å². The molecule has 35 heavy (non-hydrogen) atoms. The van der Waals surface area contributed by atoms with Crippen molar-refractivity contribution in [1.29, 1.82) is 0 Å². The zero-order chi connectivity index (χ0) is 24.4. The van der Waals surface area contributed by atoms with Gasteiger partial charge in [-0.05, 0) is 72.5 Å². The van der Waals surface area contributed by atoms with Gasteiger partial charge in [0.25, 0.3) is 0 Å². The Morgan fingerprint density at radius 3 is 2.17 bits per heavy atom. The molecule has 0 unspecified atom stereocenters. The van der Waals surface area contributed by atoms with Crippen LogP contribution >= 0.6 is 11.8 Å². The highest BCUT2D eigenvalue weighted by molar-refractivity contribution is 7.99. The largest absolute Gasteiger partial charge is 0.453 e. The van der Waals surface area contributed by atoms with Crippen molar-refractivity contribution in [2.24, 2.45) is 5.92 Å². The molecule has 4 nitrogen and oxygen atoms in total. The first-order valence-electron chi connectivity index (χ1n) is 12.2. The summed E-state index contributed by atoms with van der Waals surface area (Å²) in [5.41, 5.74) is 3.38. The lowest BCUT2D eigenvalue weighted by atomic mass is 9.93. The van der Waals surface area contributed by atoms with Gasteiger partial charge in [-0.2, -0.15) is 0 Å². The molecular weight excluding hydrogens is 454 g/mol. The molecule has 1 N–H and O–H groups in total. The number of carbonyl (C=O) groups excluding carboxylic acids is 2. The van der Waals surface area contributed by atoms with Gasteiger partial charge in [-0.3, -0.25) is 9.59 Å². The molecule has 1 fully saturated rings. The topological polar surface area (TPSA) is 59.3 Å². The van der Waals surface area contributed by atoms with Gasteiger partial charge in [0.15, 0.2) is 11.5 Å². The van der Waals surface area contributed by atoms with E-state index in [2.05, 4.69) is 31.3 Å². The van der Waals surface area contributed by atoms with E-state index in [0.29, 0.717) is 29.6 Å². The molecular formula is C30H29NO3S. The van der Waals surface area contributed by atoms with Crippen LogP contribution in [0.5, 0.6) is 0 Å². The zero-order valence-corrected chi connectivity index (χ0v) is 20.9. The Balaban J connectivity index is 1.24. The lowest BCUT2D eigenvalue weighted by Gasteiger charge is -2.27. The van der Waals surface area contributed by atoms with E-state index >= 15 is 0 Å². The third kappa shape index (κ3) is 5.42. The Bertz CT molecular complexity index is 1350. The highest BCUT2D eigenvalue weighted by Gasteiger charge is 2.20. The van der Waals surface area contributed by atoms with Crippen LogP contribution in [-0.2, 0) is 0 Å². The number of benzene rings is 3. The van der Waals surface area contributed by atoms with Crippen LogP contribution in [0.1, 0.15) is 64.6 Å². The zero-order valence-electron chi connectivity index (χ0n) is 20.0. The minimum Gasteiger partial charge on any atom is -0.453 e. The van der Waals surface area contributed by atoms with Crippen LogP contribution in [0.25, 0.3) is 11.0 Å². The van der Waals surface area contributed by atoms with Crippen LogP contribution in [0.2, 0.25) is 0 Å². The standard InChI is InChI=1S/C30H29NO3S/c1-19(2)3-13-27(32)20-4-9-25(10-5-20)35-26-11-6-21(7-12-26)30(33)29-16-23-15-22(24-17-31-18-24)8-14-28(23)34-29/h4-12,14-16,19,24,31H,3,13,17-18H2,1-2H3. The van der Waals surface area contributed by atoms with Gasteiger partial charge in [-0.1, -0.05) is 43.8 Å². The van der Waals surface area contributed by atoms with E-state index in [9.17, 15) is 9.59 Å². The second kappa shape index (κ2) is 10.2. The third-order valence-corrected chi connectivity index (χ3v) is 7.51. The van der Waals surface area contributed by atoms with Gasteiger partial charge >= 0.3 is 0 Å². The Hall–Kier alpha value is -3.15. The molecule has 0 radical (unpaired) electrons. The summed E-state index contributed by atoms with van der Waals surface area (Å²) in [6, 6.07) is 23.4. The normalized spacial score (nSPS) is 13.8. The first-order chi connectivity index (χ1) is 17.0. The lowest BCUT2D eigenvalue weighted by molar-refractivity contribution is 0.0974. The molecule has 0 amide bonds. The molecule has 0 spiro atoms. The lowest BCUT2D eigenvalue weighted by Crippen LogP contribution is -2.39. The number of hydrogen-bond donors (Lipinski definition) is 1. The predicted octanol–water partition coefficient (Wildman–Crippen LogP) is 7.12. The van der Waals surface area contributed by atoms with Crippen molar-refractivity contribution in [2.75, 3.05) is 13.1 Å². The number of rotatable bonds is 9. The molecule has 178 valence electrons. The first kappa shape index (κ1) is 23.6. The maximum Gasteiger partial charge on any atom is 0.228 e. The van der Waals surface area contributed by atoms with Gasteiger partial charge in [-0.15, -0.1) is 0 Å². The smallest absolute Gasteiger partial charge is 0.228 e. The fourth-order valence-electron chi connectivity index (χ4n) is 4.18. The van der Waals surface area contributed by atoms with E-state index in [1.165, 1.54) is 5.56 Å². The predicted molar refractivity (Wildman–Crippen MR) is 141 cm³/mol. The Kier molecular flexibility index (Phi) is 6.89. The van der Waals surface area contributed by atoms with Crippen LogP contribution in [-0.4, -0.2) is 24.7 Å². The molecule has 1 aliphatic rings. The van der Waals surface area contributed by atoms with Crippen molar-refractivity contribution in [2.45, 2.75) is 42.4 Å². The second-order valence-corrected chi connectivity index (χ2v) is 10.7. The highest BCUT2D eigenvalue weighted by Crippen LogP contribution is 2.30. The van der Waals surface area contributed by atoms with Crippen molar-refractivity contribution >= 4 is 34.3 Å². The van der Waals surface area contributed by atoms with Gasteiger partial charge in [-0.25, -0.2) is 0 Å². The number of nitrogens with one attached hydrogen (secondary N) is 1. The molecule has 0 saturated carbocycles. The fourth-order valence-corrected chi connectivity index (χ4v) is 4.99. The highest BCUT2D eigenvalue weighted by atomic mass is 32.2. The van der Waals surface area contributed by atoms with Crippen LogP contribution in [0.15, 0.2) is 87.0 Å². The van der Waals surface area contributed by atoms with Crippen LogP contribution in [0, 0.1) is 5.92 Å². The molecule has 5 rings (SSSR count). The Morgan fingerprint density at radius 2 is 1.57 bits per heavy atom. The Morgan fingerprint density at radius 1 is 0.914 bits per heavy atom. The van der Waals surface area contributed by atoms with Crippen molar-refractivity contribution in [3.63, 3.8) is 0 Å². The van der Waals surface area contributed by atoms with Crippen molar-refractivity contribution < 1.29 is 14.0 Å². The van der Waals surface area contributed by atoms with Gasteiger partial charge < -0.3 is 9.73 Å². The molecule has 0 atom stereocenters.